The first-order valence-corrected chi connectivity index (χ1v) is 6.84. The number of nitrogens with zero attached hydrogens (tertiary/aromatic N) is 2. The molecule has 0 unspecified atom stereocenters. The van der Waals surface area contributed by atoms with Gasteiger partial charge >= 0.3 is 0 Å². The Hall–Kier alpha value is -1.39. The van der Waals surface area contributed by atoms with Crippen LogP contribution in [0.5, 0.6) is 0 Å². The molecular weight excluding hydrogens is 240 g/mol. The van der Waals surface area contributed by atoms with Crippen LogP contribution >= 0.6 is 0 Å². The van der Waals surface area contributed by atoms with Crippen molar-refractivity contribution in [3.63, 3.8) is 0 Å². The SMILES string of the molecule is CCC(C#N)(CC)NS(=O)(=O)c1cnc(C)[nH]1. The Morgan fingerprint density at radius 1 is 1.53 bits per heavy atom. The van der Waals surface area contributed by atoms with Gasteiger partial charge < -0.3 is 4.98 Å². The molecule has 0 aliphatic carbocycles. The van der Waals surface area contributed by atoms with Crippen LogP contribution in [0.3, 0.4) is 0 Å². The van der Waals surface area contributed by atoms with Gasteiger partial charge in [-0.1, -0.05) is 13.8 Å². The summed E-state index contributed by atoms with van der Waals surface area (Å²) < 4.78 is 26.4. The average Bonchev–Trinajstić information content (AvgIpc) is 2.74. The third-order valence-corrected chi connectivity index (χ3v) is 4.17. The number of hydrogen-bond donors (Lipinski definition) is 2. The molecule has 1 aromatic rings. The van der Waals surface area contributed by atoms with Crippen molar-refractivity contribution in [1.82, 2.24) is 14.7 Å². The highest BCUT2D eigenvalue weighted by molar-refractivity contribution is 7.89. The molecule has 94 valence electrons. The fourth-order valence-electron chi connectivity index (χ4n) is 1.42. The molecule has 0 spiro atoms. The number of aryl methyl sites for hydroxylation is 1. The molecule has 17 heavy (non-hydrogen) atoms. The van der Waals surface area contributed by atoms with Gasteiger partial charge in [0.1, 0.15) is 11.4 Å². The van der Waals surface area contributed by atoms with Gasteiger partial charge in [0.25, 0.3) is 10.0 Å². The number of aromatic nitrogens is 2. The summed E-state index contributed by atoms with van der Waals surface area (Å²) >= 11 is 0. The number of aromatic amines is 1. The summed E-state index contributed by atoms with van der Waals surface area (Å²) in [4.78, 5) is 6.47. The Balaban J connectivity index is 3.06. The van der Waals surface area contributed by atoms with Crippen LogP contribution in [0.2, 0.25) is 0 Å². The average molecular weight is 256 g/mol. The zero-order valence-electron chi connectivity index (χ0n) is 10.1. The predicted molar refractivity (Wildman–Crippen MR) is 62.6 cm³/mol. The number of nitriles is 1. The van der Waals surface area contributed by atoms with Gasteiger partial charge in [-0.3, -0.25) is 0 Å². The second-order valence-corrected chi connectivity index (χ2v) is 5.49. The summed E-state index contributed by atoms with van der Waals surface area (Å²) in [7, 11) is -3.72. The quantitative estimate of drug-likeness (QED) is 0.823. The lowest BCUT2D eigenvalue weighted by Gasteiger charge is -2.23. The molecule has 1 aromatic heterocycles. The number of sulfonamides is 1. The van der Waals surface area contributed by atoms with Crippen molar-refractivity contribution in [3.05, 3.63) is 12.0 Å². The maximum atomic E-state index is 12.0. The molecule has 0 bridgehead atoms. The lowest BCUT2D eigenvalue weighted by molar-refractivity contribution is 0.445. The van der Waals surface area contributed by atoms with E-state index in [1.807, 2.05) is 6.07 Å². The van der Waals surface area contributed by atoms with Crippen LogP contribution in [0.1, 0.15) is 32.5 Å². The van der Waals surface area contributed by atoms with Crippen molar-refractivity contribution < 1.29 is 8.42 Å². The zero-order valence-corrected chi connectivity index (χ0v) is 10.9. The second-order valence-electron chi connectivity index (χ2n) is 3.84. The molecule has 0 aliphatic rings. The van der Waals surface area contributed by atoms with Crippen LogP contribution in [-0.4, -0.2) is 23.9 Å². The molecule has 7 heteroatoms. The molecule has 0 atom stereocenters. The van der Waals surface area contributed by atoms with Gasteiger partial charge in [0.2, 0.25) is 0 Å². The highest BCUT2D eigenvalue weighted by Crippen LogP contribution is 2.17. The molecule has 0 aromatic carbocycles. The Bertz CT molecular complexity index is 523. The van der Waals surface area contributed by atoms with Gasteiger partial charge in [0.15, 0.2) is 5.03 Å². The topological polar surface area (TPSA) is 98.6 Å². The van der Waals surface area contributed by atoms with E-state index in [1.165, 1.54) is 6.20 Å². The summed E-state index contributed by atoms with van der Waals surface area (Å²) in [5, 5.41) is 9.07. The standard InChI is InChI=1S/C10H16N4O2S/c1-4-10(5-2,7-11)14-17(15,16)9-6-12-8(3)13-9/h6,14H,4-5H2,1-3H3,(H,12,13). The highest BCUT2D eigenvalue weighted by atomic mass is 32.2. The Labute approximate surface area is 101 Å². The smallest absolute Gasteiger partial charge is 0.258 e. The van der Waals surface area contributed by atoms with E-state index in [9.17, 15) is 8.42 Å². The van der Waals surface area contributed by atoms with Crippen LogP contribution in [0.15, 0.2) is 11.2 Å². The molecule has 0 saturated carbocycles. The van der Waals surface area contributed by atoms with Crippen molar-refractivity contribution in [2.75, 3.05) is 0 Å². The Kier molecular flexibility index (Phi) is 3.91. The summed E-state index contributed by atoms with van der Waals surface area (Å²) in [6.45, 7) is 5.21. The van der Waals surface area contributed by atoms with E-state index >= 15 is 0 Å². The monoisotopic (exact) mass is 256 g/mol. The summed E-state index contributed by atoms with van der Waals surface area (Å²) in [5.41, 5.74) is -1.06. The molecular formula is C10H16N4O2S. The van der Waals surface area contributed by atoms with Gasteiger partial charge in [0, 0.05) is 0 Å². The van der Waals surface area contributed by atoms with Gasteiger partial charge in [-0.15, -0.1) is 0 Å². The van der Waals surface area contributed by atoms with Crippen molar-refractivity contribution in [2.24, 2.45) is 0 Å². The number of H-pyrrole nitrogens is 1. The first-order valence-electron chi connectivity index (χ1n) is 5.36. The largest absolute Gasteiger partial charge is 0.332 e. The molecule has 0 amide bonds. The number of imidazole rings is 1. The zero-order chi connectivity index (χ0) is 13.1. The number of hydrogen-bond acceptors (Lipinski definition) is 4. The van der Waals surface area contributed by atoms with Crippen LogP contribution in [0, 0.1) is 18.3 Å². The number of nitrogens with one attached hydrogen (secondary N) is 2. The van der Waals surface area contributed by atoms with Crippen LogP contribution in [0.25, 0.3) is 0 Å². The van der Waals surface area contributed by atoms with Gasteiger partial charge in [-0.05, 0) is 19.8 Å². The third kappa shape index (κ3) is 2.84. The Morgan fingerprint density at radius 2 is 2.12 bits per heavy atom. The van der Waals surface area contributed by atoms with Crippen molar-refractivity contribution in [1.29, 1.82) is 5.26 Å². The number of rotatable bonds is 5. The normalized spacial score (nSPS) is 12.4. The molecule has 2 N–H and O–H groups in total. The second kappa shape index (κ2) is 4.85. The first kappa shape index (κ1) is 13.7. The fourth-order valence-corrected chi connectivity index (χ4v) is 2.85. The van der Waals surface area contributed by atoms with Gasteiger partial charge in [-0.25, -0.2) is 13.4 Å². The minimum atomic E-state index is -3.72. The predicted octanol–water partition coefficient (Wildman–Crippen LogP) is 1.08. The van der Waals surface area contributed by atoms with Crippen molar-refractivity contribution in [3.8, 4) is 6.07 Å². The van der Waals surface area contributed by atoms with Gasteiger partial charge in [0.05, 0.1) is 12.3 Å². The van der Waals surface area contributed by atoms with E-state index in [0.29, 0.717) is 18.7 Å². The minimum Gasteiger partial charge on any atom is -0.332 e. The van der Waals surface area contributed by atoms with E-state index in [4.69, 9.17) is 5.26 Å². The van der Waals surface area contributed by atoms with Crippen molar-refractivity contribution in [2.45, 2.75) is 44.2 Å². The lowest BCUT2D eigenvalue weighted by atomic mass is 9.97. The highest BCUT2D eigenvalue weighted by Gasteiger charge is 2.32. The molecule has 0 fully saturated rings. The Morgan fingerprint density at radius 3 is 2.47 bits per heavy atom. The molecule has 0 aliphatic heterocycles. The minimum absolute atomic E-state index is 0.0171. The summed E-state index contributed by atoms with van der Waals surface area (Å²) in [6, 6.07) is 2.02. The molecule has 0 saturated heterocycles. The van der Waals surface area contributed by atoms with Crippen LogP contribution < -0.4 is 4.72 Å². The van der Waals surface area contributed by atoms with Crippen LogP contribution in [0.4, 0.5) is 0 Å². The summed E-state index contributed by atoms with van der Waals surface area (Å²) in [6.07, 6.45) is 2.06. The molecule has 0 radical (unpaired) electrons. The van der Waals surface area contributed by atoms with E-state index in [0.717, 1.165) is 0 Å². The maximum Gasteiger partial charge on any atom is 0.258 e. The molecule has 1 rings (SSSR count). The van der Waals surface area contributed by atoms with Gasteiger partial charge in [-0.2, -0.15) is 9.98 Å². The van der Waals surface area contributed by atoms with E-state index in [2.05, 4.69) is 14.7 Å². The van der Waals surface area contributed by atoms with Crippen LogP contribution in [-0.2, 0) is 10.0 Å². The third-order valence-electron chi connectivity index (χ3n) is 2.72. The van der Waals surface area contributed by atoms with E-state index in [-0.39, 0.29) is 5.03 Å². The molecule has 6 nitrogen and oxygen atoms in total. The first-order chi connectivity index (χ1) is 7.89. The van der Waals surface area contributed by atoms with E-state index in [1.54, 1.807) is 20.8 Å². The van der Waals surface area contributed by atoms with E-state index < -0.39 is 15.6 Å². The van der Waals surface area contributed by atoms with Crippen molar-refractivity contribution >= 4 is 10.0 Å². The fraction of sp³-hybridized carbons (Fsp3) is 0.600. The molecule has 1 heterocycles. The summed E-state index contributed by atoms with van der Waals surface area (Å²) in [5.74, 6) is 0.515. The maximum absolute atomic E-state index is 12.0. The lowest BCUT2D eigenvalue weighted by Crippen LogP contribution is -2.46.